The number of esters is 2. The molecule has 0 radical (unpaired) electrons. The average molecular weight is 1420 g/mol. The van der Waals surface area contributed by atoms with E-state index in [0.29, 0.717) is 75.4 Å². The molecule has 29 heteroatoms. The van der Waals surface area contributed by atoms with E-state index in [1.54, 1.807) is 97.7 Å². The molecule has 9 aromatic rings. The number of imidazole rings is 3. The van der Waals surface area contributed by atoms with Gasteiger partial charge in [0.25, 0.3) is 0 Å². The Morgan fingerprint density at radius 2 is 0.792 bits per heavy atom. The van der Waals surface area contributed by atoms with Crippen LogP contribution < -0.4 is 37.9 Å². The summed E-state index contributed by atoms with van der Waals surface area (Å²) < 4.78 is 149. The van der Waals surface area contributed by atoms with E-state index in [0.717, 1.165) is 52.1 Å². The maximum atomic E-state index is 13.4. The van der Waals surface area contributed by atoms with E-state index in [-0.39, 0.29) is 34.1 Å². The second-order valence-corrected chi connectivity index (χ2v) is 25.5. The molecule has 1 N–H and O–H groups in total. The van der Waals surface area contributed by atoms with E-state index in [1.807, 2.05) is 12.1 Å². The van der Waals surface area contributed by atoms with Gasteiger partial charge in [-0.05, 0) is 161 Å². The van der Waals surface area contributed by atoms with E-state index in [2.05, 4.69) is 34.2 Å². The van der Waals surface area contributed by atoms with Crippen LogP contribution in [0.25, 0.3) is 50.7 Å². The molecule has 0 bridgehead atoms. The summed E-state index contributed by atoms with van der Waals surface area (Å²) in [4.78, 5) is 54.9. The predicted octanol–water partition coefficient (Wildman–Crippen LogP) is 15.1. The van der Waals surface area contributed by atoms with Crippen molar-refractivity contribution in [2.45, 2.75) is 124 Å². The minimum atomic E-state index is -3.19. The maximum absolute atomic E-state index is 13.4. The molecule has 22 nitrogen and oxygen atoms in total. The number of hydrogen-bond donors (Lipinski definition) is 1. The minimum Gasteiger partial charge on any atom is -0.496 e. The first-order chi connectivity index (χ1) is 48.2. The van der Waals surface area contributed by atoms with Crippen molar-refractivity contribution in [2.24, 2.45) is 0 Å². The fourth-order valence-corrected chi connectivity index (χ4v) is 11.6. The van der Waals surface area contributed by atoms with Crippen LogP contribution in [0, 0.1) is 5.82 Å². The molecule has 0 aliphatic carbocycles. The van der Waals surface area contributed by atoms with Crippen LogP contribution in [0.15, 0.2) is 110 Å². The van der Waals surface area contributed by atoms with Gasteiger partial charge in [-0.15, -0.1) is 0 Å². The molecule has 0 spiro atoms. The Balaban J connectivity index is 0.000000178. The molecule has 2 aliphatic heterocycles. The molecule has 8 heterocycles. The maximum Gasteiger partial charge on any atom is 0.387 e. The molecule has 2 saturated heterocycles. The number of carboxylic acids is 1. The highest BCUT2D eigenvalue weighted by Crippen LogP contribution is 2.41. The zero-order valence-electron chi connectivity index (χ0n) is 57.4. The molecule has 0 saturated carbocycles. The van der Waals surface area contributed by atoms with Gasteiger partial charge >= 0.3 is 37.7 Å². The second kappa shape index (κ2) is 33.9. The van der Waals surface area contributed by atoms with Crippen LogP contribution >= 0.6 is 0 Å². The number of aromatic carboxylic acids is 1. The number of rotatable bonds is 25. The number of fused-ring (bicyclic) bond motifs is 3. The van der Waals surface area contributed by atoms with Gasteiger partial charge in [-0.1, -0.05) is 12.8 Å². The first-order valence-corrected chi connectivity index (χ1v) is 32.7. The SMILES string of the molecule is COc1cc(-c2cnc3cc(F)ccn23)cc(OC(F)F)c1C(=O)OC(C)(C)C.COc1cc(-c2cnc3cc(OCCCN4CCCCC4)ccn23)cc(OC(F)F)c1C(=O)O.COc1cc(-c2cnc3cc(OCCCN4CCCCC4)ccn23)cc(OC(F)F)c1C(=O)OC(C)(C)C. The summed E-state index contributed by atoms with van der Waals surface area (Å²) in [6.45, 7) is 8.40. The van der Waals surface area contributed by atoms with Gasteiger partial charge in [0.05, 0.1) is 70.2 Å². The molecular weight excluding hydrogens is 1330 g/mol. The molecule has 101 heavy (non-hydrogen) atoms. The molecule has 0 unspecified atom stereocenters. The van der Waals surface area contributed by atoms with Crippen LogP contribution in [0.1, 0.15) is 124 Å². The number of carboxylic acid groups (broad SMARTS) is 1. The van der Waals surface area contributed by atoms with E-state index < -0.39 is 71.8 Å². The Labute approximate surface area is 578 Å². The lowest BCUT2D eigenvalue weighted by Crippen LogP contribution is -2.31. The Kier molecular flexibility index (Phi) is 25.2. The van der Waals surface area contributed by atoms with Crippen molar-refractivity contribution >= 4 is 34.8 Å². The van der Waals surface area contributed by atoms with Crippen molar-refractivity contribution in [3.63, 3.8) is 0 Å². The molecule has 542 valence electrons. The molecule has 3 aromatic carbocycles. The zero-order valence-corrected chi connectivity index (χ0v) is 57.4. The van der Waals surface area contributed by atoms with E-state index in [1.165, 1.54) is 115 Å². The number of piperidine rings is 2. The topological polar surface area (TPSA) is 222 Å². The summed E-state index contributed by atoms with van der Waals surface area (Å²) in [6, 6.07) is 18.1. The lowest BCUT2D eigenvalue weighted by Gasteiger charge is -2.26. The zero-order chi connectivity index (χ0) is 72.7. The van der Waals surface area contributed by atoms with Crippen LogP contribution in [0.2, 0.25) is 0 Å². The van der Waals surface area contributed by atoms with E-state index >= 15 is 0 Å². The fourth-order valence-electron chi connectivity index (χ4n) is 11.6. The quantitative estimate of drug-likeness (QED) is 0.0319. The van der Waals surface area contributed by atoms with Crippen molar-refractivity contribution in [3.8, 4) is 79.8 Å². The van der Waals surface area contributed by atoms with E-state index in [4.69, 9.17) is 37.9 Å². The lowest BCUT2D eigenvalue weighted by atomic mass is 10.1. The number of halogens is 7. The largest absolute Gasteiger partial charge is 0.496 e. The van der Waals surface area contributed by atoms with Crippen molar-refractivity contribution in [2.75, 3.05) is 73.8 Å². The van der Waals surface area contributed by atoms with Gasteiger partial charge in [0.1, 0.15) is 96.6 Å². The third kappa shape index (κ3) is 20.1. The van der Waals surface area contributed by atoms with Gasteiger partial charge in [0, 0.05) is 66.6 Å². The van der Waals surface area contributed by atoms with Crippen molar-refractivity contribution in [3.05, 3.63) is 132 Å². The van der Waals surface area contributed by atoms with Crippen LogP contribution in [0.3, 0.4) is 0 Å². The smallest absolute Gasteiger partial charge is 0.387 e. The van der Waals surface area contributed by atoms with Gasteiger partial charge in [0.2, 0.25) is 0 Å². The Hall–Kier alpha value is -10.0. The summed E-state index contributed by atoms with van der Waals surface area (Å²) in [5.74, 6) is -3.48. The summed E-state index contributed by atoms with van der Waals surface area (Å²) in [7, 11) is 3.91. The van der Waals surface area contributed by atoms with Crippen molar-refractivity contribution in [1.82, 2.24) is 38.0 Å². The van der Waals surface area contributed by atoms with Gasteiger partial charge < -0.3 is 62.3 Å². The Morgan fingerprint density at radius 1 is 0.465 bits per heavy atom. The highest BCUT2D eigenvalue weighted by molar-refractivity contribution is 5.98. The minimum absolute atomic E-state index is 0.00976. The number of nitrogens with zero attached hydrogens (tertiary/aromatic N) is 8. The number of carbonyl (C=O) groups excluding carboxylic acids is 2. The number of likely N-dealkylation sites (tertiary alicyclic amines) is 2. The highest BCUT2D eigenvalue weighted by Gasteiger charge is 2.31. The first-order valence-electron chi connectivity index (χ1n) is 32.7. The average Bonchev–Trinajstić information content (AvgIpc) is 1.75. The van der Waals surface area contributed by atoms with Crippen LogP contribution in [0.5, 0.6) is 46.0 Å². The van der Waals surface area contributed by atoms with Crippen LogP contribution in [0.4, 0.5) is 30.7 Å². The lowest BCUT2D eigenvalue weighted by molar-refractivity contribution is -0.0519. The number of hydrogen-bond acceptors (Lipinski definition) is 18. The fraction of sp³-hybridized carbons (Fsp3) is 0.417. The standard InChI is InChI=1S/C28H35F2N3O5.C24H27F2N3O5.C20H19F3N2O4/c1-28(2,3)38-26(34)25-22(35-4)15-19(16-23(25)37-27(29)30)21-18-31-24-17-20(9-13-33(21)24)36-14-8-12-32-10-6-5-7-11-32;1-32-19-12-16(13-20(34-24(25)26)22(19)23(30)31)18-15-27-21-14-17(6-10-29(18)21)33-11-5-9-28-7-3-2-4-8-28;1-20(2,3)29-18(26)17-14(27-4)7-11(8-15(17)28-19(22)23)13-10-24-16-9-12(21)5-6-25(13)16/h9,13,15-18,27H,5-8,10-12,14H2,1-4H3;6,10,12-15,24H,2-5,7-9,11H2,1H3,(H,30,31);5-10,19H,1-4H3. The summed E-state index contributed by atoms with van der Waals surface area (Å²) in [5, 5.41) is 9.44. The highest BCUT2D eigenvalue weighted by atomic mass is 19.3. The number of benzene rings is 3. The van der Waals surface area contributed by atoms with Crippen LogP contribution in [-0.2, 0) is 9.47 Å². The number of aromatic nitrogens is 6. The predicted molar refractivity (Wildman–Crippen MR) is 359 cm³/mol. The molecule has 11 rings (SSSR count). The first kappa shape index (κ1) is 75.2. The normalized spacial score (nSPS) is 13.7. The third-order valence-electron chi connectivity index (χ3n) is 15.9. The van der Waals surface area contributed by atoms with Crippen LogP contribution in [-0.4, -0.2) is 166 Å². The number of ether oxygens (including phenoxy) is 10. The molecule has 0 amide bonds. The third-order valence-corrected chi connectivity index (χ3v) is 15.9. The summed E-state index contributed by atoms with van der Waals surface area (Å²) in [5.41, 5.74) is 1.82. The van der Waals surface area contributed by atoms with Crippen molar-refractivity contribution in [1.29, 1.82) is 0 Å². The molecular formula is C72H81F7N8O14. The Morgan fingerprint density at radius 3 is 1.13 bits per heavy atom. The molecule has 0 atom stereocenters. The monoisotopic (exact) mass is 1410 g/mol. The number of pyridine rings is 3. The number of carbonyl (C=O) groups is 3. The number of methoxy groups -OCH3 is 3. The Bertz CT molecular complexity index is 4310. The van der Waals surface area contributed by atoms with Gasteiger partial charge in [-0.2, -0.15) is 26.3 Å². The molecule has 2 aliphatic rings. The second-order valence-electron chi connectivity index (χ2n) is 25.5. The van der Waals surface area contributed by atoms with Gasteiger partial charge in [-0.25, -0.2) is 33.7 Å². The van der Waals surface area contributed by atoms with Gasteiger partial charge in [-0.3, -0.25) is 13.2 Å². The van der Waals surface area contributed by atoms with E-state index in [9.17, 15) is 50.2 Å². The van der Waals surface area contributed by atoms with Crippen molar-refractivity contribution < 1.29 is 97.6 Å². The summed E-state index contributed by atoms with van der Waals surface area (Å²) >= 11 is 0. The number of alkyl halides is 6. The van der Waals surface area contributed by atoms with Gasteiger partial charge in [0.15, 0.2) is 0 Å². The summed E-state index contributed by atoms with van der Waals surface area (Å²) in [6.07, 6.45) is 19.2. The molecule has 2 fully saturated rings. The molecule has 6 aromatic heterocycles.